The second kappa shape index (κ2) is 10.1. The van der Waals surface area contributed by atoms with Crippen LogP contribution in [0.15, 0.2) is 48.5 Å². The molecule has 0 saturated heterocycles. The molecule has 3 N–H and O–H groups in total. The van der Waals surface area contributed by atoms with Crippen LogP contribution in [0, 0.1) is 5.92 Å². The highest BCUT2D eigenvalue weighted by Gasteiger charge is 2.35. The molecule has 7 heteroatoms. The van der Waals surface area contributed by atoms with Gasteiger partial charge in [0.1, 0.15) is 12.6 Å². The molecule has 1 fully saturated rings. The molecule has 2 unspecified atom stereocenters. The number of nitrogens with one attached hydrogen (secondary N) is 2. The van der Waals surface area contributed by atoms with E-state index in [-0.39, 0.29) is 18.4 Å². The number of aliphatic carboxylic acids is 1. The Bertz CT molecular complexity index is 991. The van der Waals surface area contributed by atoms with Crippen molar-refractivity contribution in [3.8, 4) is 11.1 Å². The smallest absolute Gasteiger partial charge is 0.407 e. The Balaban J connectivity index is 1.38. The normalized spacial score (nSPS) is 19.9. The van der Waals surface area contributed by atoms with Crippen molar-refractivity contribution in [2.45, 2.75) is 57.0 Å². The van der Waals surface area contributed by atoms with Gasteiger partial charge in [0, 0.05) is 12.0 Å². The third kappa shape index (κ3) is 4.87. The number of ether oxygens (including phenoxy) is 1. The molecule has 0 heterocycles. The van der Waals surface area contributed by atoms with Gasteiger partial charge in [-0.15, -0.1) is 0 Å². The van der Waals surface area contributed by atoms with Crippen molar-refractivity contribution in [3.05, 3.63) is 59.7 Å². The van der Waals surface area contributed by atoms with Crippen molar-refractivity contribution >= 4 is 18.0 Å². The molecule has 33 heavy (non-hydrogen) atoms. The SMILES string of the molecule is CCC[C@H](NC(=O)OCC1c2ccccc2-c2ccccc21)C(=O)NC1CCCC1C(=O)O. The second-order valence-electron chi connectivity index (χ2n) is 8.80. The summed E-state index contributed by atoms with van der Waals surface area (Å²) >= 11 is 0. The molecule has 4 rings (SSSR count). The predicted molar refractivity (Wildman–Crippen MR) is 124 cm³/mol. The number of fused-ring (bicyclic) bond motifs is 3. The van der Waals surface area contributed by atoms with Crippen LogP contribution in [0.4, 0.5) is 4.79 Å². The van der Waals surface area contributed by atoms with Gasteiger partial charge in [0.2, 0.25) is 5.91 Å². The van der Waals surface area contributed by atoms with E-state index in [1.54, 1.807) is 0 Å². The molecule has 2 aromatic carbocycles. The van der Waals surface area contributed by atoms with E-state index in [1.807, 2.05) is 31.2 Å². The maximum atomic E-state index is 12.8. The molecule has 1 saturated carbocycles. The number of alkyl carbamates (subject to hydrolysis) is 1. The summed E-state index contributed by atoms with van der Waals surface area (Å²) in [6.07, 6.45) is 2.44. The maximum absolute atomic E-state index is 12.8. The molecule has 0 aliphatic heterocycles. The van der Waals surface area contributed by atoms with E-state index in [1.165, 1.54) is 0 Å². The Morgan fingerprint density at radius 3 is 2.27 bits per heavy atom. The van der Waals surface area contributed by atoms with Crippen LogP contribution in [0.2, 0.25) is 0 Å². The summed E-state index contributed by atoms with van der Waals surface area (Å²) in [5.74, 6) is -1.89. The van der Waals surface area contributed by atoms with Crippen molar-refractivity contribution in [3.63, 3.8) is 0 Å². The lowest BCUT2D eigenvalue weighted by atomic mass is 9.98. The molecule has 2 aromatic rings. The highest BCUT2D eigenvalue weighted by Crippen LogP contribution is 2.44. The second-order valence-corrected chi connectivity index (χ2v) is 8.80. The summed E-state index contributed by atoms with van der Waals surface area (Å²) in [5.41, 5.74) is 4.54. The lowest BCUT2D eigenvalue weighted by Gasteiger charge is -2.23. The molecular weight excluding hydrogens is 420 g/mol. The molecule has 2 aliphatic carbocycles. The number of carbonyl (C=O) groups is 3. The number of carboxylic acids is 1. The van der Waals surface area contributed by atoms with Crippen molar-refractivity contribution in [1.82, 2.24) is 10.6 Å². The summed E-state index contributed by atoms with van der Waals surface area (Å²) in [5, 5.41) is 14.9. The lowest BCUT2D eigenvalue weighted by Crippen LogP contribution is -2.51. The van der Waals surface area contributed by atoms with E-state index in [4.69, 9.17) is 4.74 Å². The van der Waals surface area contributed by atoms with Crippen molar-refractivity contribution < 1.29 is 24.2 Å². The quantitative estimate of drug-likeness (QED) is 0.563. The van der Waals surface area contributed by atoms with Gasteiger partial charge in [0.15, 0.2) is 0 Å². The Hall–Kier alpha value is -3.35. The third-order valence-corrected chi connectivity index (χ3v) is 6.69. The van der Waals surface area contributed by atoms with Gasteiger partial charge >= 0.3 is 12.1 Å². The average Bonchev–Trinajstić information content (AvgIpc) is 3.40. The first-order chi connectivity index (χ1) is 16.0. The van der Waals surface area contributed by atoms with Crippen molar-refractivity contribution in [2.24, 2.45) is 5.92 Å². The van der Waals surface area contributed by atoms with Crippen LogP contribution >= 0.6 is 0 Å². The van der Waals surface area contributed by atoms with Gasteiger partial charge in [-0.25, -0.2) is 4.79 Å². The fourth-order valence-corrected chi connectivity index (χ4v) is 5.05. The summed E-state index contributed by atoms with van der Waals surface area (Å²) in [4.78, 5) is 36.8. The number of benzene rings is 2. The molecule has 0 aromatic heterocycles. The van der Waals surface area contributed by atoms with Crippen LogP contribution in [-0.2, 0) is 14.3 Å². The topological polar surface area (TPSA) is 105 Å². The largest absolute Gasteiger partial charge is 0.481 e. The van der Waals surface area contributed by atoms with Gasteiger partial charge in [0.25, 0.3) is 0 Å². The minimum atomic E-state index is -0.894. The number of rotatable bonds is 8. The van der Waals surface area contributed by atoms with Crippen molar-refractivity contribution in [2.75, 3.05) is 6.61 Å². The highest BCUT2D eigenvalue weighted by atomic mass is 16.5. The van der Waals surface area contributed by atoms with Gasteiger partial charge in [-0.3, -0.25) is 9.59 Å². The zero-order valence-electron chi connectivity index (χ0n) is 18.8. The van der Waals surface area contributed by atoms with Crippen LogP contribution in [0.1, 0.15) is 56.1 Å². The first-order valence-corrected chi connectivity index (χ1v) is 11.6. The van der Waals surface area contributed by atoms with Gasteiger partial charge in [0.05, 0.1) is 5.92 Å². The standard InChI is InChI=1S/C26H30N2O5/c1-2-8-23(24(29)27-22-14-7-13-20(22)25(30)31)28-26(32)33-15-21-18-11-5-3-9-16(18)17-10-4-6-12-19(17)21/h3-6,9-12,20-23H,2,7-8,13-15H2,1H3,(H,27,29)(H,28,32)(H,30,31)/t20?,22?,23-/m0/s1. The maximum Gasteiger partial charge on any atom is 0.407 e. The van der Waals surface area contributed by atoms with Gasteiger partial charge < -0.3 is 20.5 Å². The molecule has 7 nitrogen and oxygen atoms in total. The average molecular weight is 451 g/mol. The van der Waals surface area contributed by atoms with Crippen LogP contribution in [0.3, 0.4) is 0 Å². The van der Waals surface area contributed by atoms with Crippen LogP contribution in [0.25, 0.3) is 11.1 Å². The fourth-order valence-electron chi connectivity index (χ4n) is 5.05. The minimum Gasteiger partial charge on any atom is -0.481 e. The lowest BCUT2D eigenvalue weighted by molar-refractivity contribution is -0.142. The Morgan fingerprint density at radius 1 is 1.03 bits per heavy atom. The van der Waals surface area contributed by atoms with Gasteiger partial charge in [-0.05, 0) is 41.5 Å². The van der Waals surface area contributed by atoms with E-state index < -0.39 is 30.1 Å². The summed E-state index contributed by atoms with van der Waals surface area (Å²) in [6.45, 7) is 2.10. The molecule has 2 amide bonds. The Labute approximate surface area is 193 Å². The summed E-state index contributed by atoms with van der Waals surface area (Å²) in [6, 6.07) is 15.0. The number of carboxylic acid groups (broad SMARTS) is 1. The molecular formula is C26H30N2O5. The zero-order chi connectivity index (χ0) is 23.4. The predicted octanol–water partition coefficient (Wildman–Crippen LogP) is 4.06. The van der Waals surface area contributed by atoms with E-state index >= 15 is 0 Å². The first-order valence-electron chi connectivity index (χ1n) is 11.6. The molecule has 0 bridgehead atoms. The summed E-state index contributed by atoms with van der Waals surface area (Å²) in [7, 11) is 0. The highest BCUT2D eigenvalue weighted by molar-refractivity contribution is 5.86. The zero-order valence-corrected chi connectivity index (χ0v) is 18.8. The monoisotopic (exact) mass is 450 g/mol. The Kier molecular flexibility index (Phi) is 6.96. The van der Waals surface area contributed by atoms with Crippen LogP contribution < -0.4 is 10.6 Å². The molecule has 0 spiro atoms. The molecule has 3 atom stereocenters. The third-order valence-electron chi connectivity index (χ3n) is 6.69. The number of amides is 2. The van der Waals surface area contributed by atoms with Gasteiger partial charge in [-0.2, -0.15) is 0 Å². The van der Waals surface area contributed by atoms with E-state index in [0.717, 1.165) is 28.7 Å². The van der Waals surface area contributed by atoms with Crippen LogP contribution in [-0.4, -0.2) is 41.8 Å². The van der Waals surface area contributed by atoms with Gasteiger partial charge in [-0.1, -0.05) is 68.3 Å². The first kappa shape index (κ1) is 22.8. The molecule has 174 valence electrons. The number of hydrogen-bond acceptors (Lipinski definition) is 4. The number of hydrogen-bond donors (Lipinski definition) is 3. The Morgan fingerprint density at radius 2 is 1.67 bits per heavy atom. The van der Waals surface area contributed by atoms with Crippen LogP contribution in [0.5, 0.6) is 0 Å². The summed E-state index contributed by atoms with van der Waals surface area (Å²) < 4.78 is 5.57. The van der Waals surface area contributed by atoms with E-state index in [0.29, 0.717) is 25.7 Å². The fraction of sp³-hybridized carbons (Fsp3) is 0.423. The van der Waals surface area contributed by atoms with E-state index in [2.05, 4.69) is 34.9 Å². The number of carbonyl (C=O) groups excluding carboxylic acids is 2. The van der Waals surface area contributed by atoms with Crippen molar-refractivity contribution in [1.29, 1.82) is 0 Å². The molecule has 0 radical (unpaired) electrons. The van der Waals surface area contributed by atoms with E-state index in [9.17, 15) is 19.5 Å². The minimum absolute atomic E-state index is 0.0589. The molecule has 2 aliphatic rings.